The fourth-order valence-corrected chi connectivity index (χ4v) is 4.28. The lowest BCUT2D eigenvalue weighted by Crippen LogP contribution is -2.37. The molecule has 0 spiro atoms. The molecule has 0 bridgehead atoms. The van der Waals surface area contributed by atoms with E-state index < -0.39 is 0 Å². The minimum absolute atomic E-state index is 0.00595. The summed E-state index contributed by atoms with van der Waals surface area (Å²) in [5, 5.41) is 24.0. The van der Waals surface area contributed by atoms with Gasteiger partial charge in [-0.25, -0.2) is 0 Å². The number of aryl methyl sites for hydroxylation is 1. The predicted molar refractivity (Wildman–Crippen MR) is 117 cm³/mol. The zero-order valence-electron chi connectivity index (χ0n) is 17.7. The van der Waals surface area contributed by atoms with Gasteiger partial charge in [0.05, 0.1) is 7.11 Å². The van der Waals surface area contributed by atoms with Crippen molar-refractivity contribution in [3.05, 3.63) is 63.5 Å². The molecule has 3 N–H and O–H groups in total. The Bertz CT molecular complexity index is 1120. The first kappa shape index (κ1) is 21.2. The summed E-state index contributed by atoms with van der Waals surface area (Å²) in [4.78, 5) is 12.6. The van der Waals surface area contributed by atoms with Gasteiger partial charge in [0.15, 0.2) is 5.43 Å². The molecule has 7 heteroatoms. The molecular weight excluding hydrogens is 398 g/mol. The molecule has 1 aromatic heterocycles. The standard InChI is InChI=1S/C24H27NO6/c1-14-9-19(27)23-20(28)10-21(30-13-15-3-5-17(29-2)6-4-15)22(24(23)31-14)18-7-8-25-11-16(18)12-26/h3-6,9-10,16,18,25-26,28H,7-8,11-13H2,1-2H3. The highest BCUT2D eigenvalue weighted by atomic mass is 16.5. The van der Waals surface area contributed by atoms with Gasteiger partial charge in [-0.15, -0.1) is 0 Å². The molecule has 0 radical (unpaired) electrons. The Morgan fingerprint density at radius 3 is 2.71 bits per heavy atom. The van der Waals surface area contributed by atoms with Crippen LogP contribution in [0.3, 0.4) is 0 Å². The third-order valence-electron chi connectivity index (χ3n) is 5.87. The fraction of sp³-hybridized carbons (Fsp3) is 0.375. The number of aliphatic hydroxyl groups excluding tert-OH is 1. The Balaban J connectivity index is 1.81. The maximum Gasteiger partial charge on any atom is 0.196 e. The lowest BCUT2D eigenvalue weighted by molar-refractivity contribution is 0.176. The summed E-state index contributed by atoms with van der Waals surface area (Å²) in [6, 6.07) is 10.4. The van der Waals surface area contributed by atoms with Crippen LogP contribution in [0.2, 0.25) is 0 Å². The Morgan fingerprint density at radius 1 is 1.23 bits per heavy atom. The normalized spacial score (nSPS) is 18.8. The number of aromatic hydroxyl groups is 1. The topological polar surface area (TPSA) is 101 Å². The second-order valence-corrected chi connectivity index (χ2v) is 7.91. The van der Waals surface area contributed by atoms with E-state index in [-0.39, 0.29) is 41.6 Å². The maximum atomic E-state index is 12.6. The van der Waals surface area contributed by atoms with Gasteiger partial charge >= 0.3 is 0 Å². The summed E-state index contributed by atoms with van der Waals surface area (Å²) in [5.74, 6) is 1.36. The zero-order chi connectivity index (χ0) is 22.0. The minimum Gasteiger partial charge on any atom is -0.507 e. The highest BCUT2D eigenvalue weighted by molar-refractivity contribution is 5.88. The molecule has 2 atom stereocenters. The molecule has 4 rings (SSSR count). The summed E-state index contributed by atoms with van der Waals surface area (Å²) in [7, 11) is 1.61. The van der Waals surface area contributed by atoms with E-state index in [0.717, 1.165) is 29.8 Å². The van der Waals surface area contributed by atoms with Crippen LogP contribution in [0.4, 0.5) is 0 Å². The fourth-order valence-electron chi connectivity index (χ4n) is 4.28. The van der Waals surface area contributed by atoms with Crippen LogP contribution in [0.25, 0.3) is 11.0 Å². The molecule has 1 saturated heterocycles. The van der Waals surface area contributed by atoms with Gasteiger partial charge in [0.1, 0.15) is 40.6 Å². The number of hydrogen-bond acceptors (Lipinski definition) is 7. The third kappa shape index (κ3) is 4.24. The van der Waals surface area contributed by atoms with Gasteiger partial charge in [-0.1, -0.05) is 12.1 Å². The molecule has 0 aliphatic carbocycles. The molecule has 164 valence electrons. The van der Waals surface area contributed by atoms with Gasteiger partial charge < -0.3 is 29.4 Å². The number of benzene rings is 2. The molecule has 0 amide bonds. The number of rotatable bonds is 6. The summed E-state index contributed by atoms with van der Waals surface area (Å²) in [6.07, 6.45) is 0.752. The van der Waals surface area contributed by atoms with E-state index in [2.05, 4.69) is 5.32 Å². The zero-order valence-corrected chi connectivity index (χ0v) is 17.7. The number of nitrogens with one attached hydrogen (secondary N) is 1. The van der Waals surface area contributed by atoms with Crippen molar-refractivity contribution < 1.29 is 24.1 Å². The lowest BCUT2D eigenvalue weighted by atomic mass is 9.80. The molecule has 1 aliphatic heterocycles. The number of phenolic OH excluding ortho intramolecular Hbond substituents is 1. The molecule has 1 fully saturated rings. The van der Waals surface area contributed by atoms with Crippen molar-refractivity contribution >= 4 is 11.0 Å². The first-order valence-electron chi connectivity index (χ1n) is 10.4. The quantitative estimate of drug-likeness (QED) is 0.558. The molecule has 7 nitrogen and oxygen atoms in total. The van der Waals surface area contributed by atoms with Gasteiger partial charge in [0.25, 0.3) is 0 Å². The van der Waals surface area contributed by atoms with E-state index in [1.54, 1.807) is 14.0 Å². The van der Waals surface area contributed by atoms with E-state index in [4.69, 9.17) is 13.9 Å². The average molecular weight is 425 g/mol. The van der Waals surface area contributed by atoms with Gasteiger partial charge in [0.2, 0.25) is 0 Å². The molecule has 2 unspecified atom stereocenters. The van der Waals surface area contributed by atoms with Crippen molar-refractivity contribution in [1.82, 2.24) is 5.32 Å². The number of aliphatic hydroxyl groups is 1. The molecule has 0 saturated carbocycles. The van der Waals surface area contributed by atoms with Crippen molar-refractivity contribution in [2.24, 2.45) is 5.92 Å². The Kier molecular flexibility index (Phi) is 6.15. The second-order valence-electron chi connectivity index (χ2n) is 7.91. The third-order valence-corrected chi connectivity index (χ3v) is 5.87. The van der Waals surface area contributed by atoms with Crippen LogP contribution in [0.5, 0.6) is 17.2 Å². The van der Waals surface area contributed by atoms with Crippen LogP contribution >= 0.6 is 0 Å². The molecule has 3 aromatic rings. The summed E-state index contributed by atoms with van der Waals surface area (Å²) in [6.45, 7) is 3.40. The minimum atomic E-state index is -0.298. The van der Waals surface area contributed by atoms with E-state index in [1.807, 2.05) is 24.3 Å². The van der Waals surface area contributed by atoms with Gasteiger partial charge in [-0.05, 0) is 43.5 Å². The Morgan fingerprint density at radius 2 is 2.00 bits per heavy atom. The Hall–Kier alpha value is -3.03. The Labute approximate surface area is 180 Å². The molecule has 2 heterocycles. The van der Waals surface area contributed by atoms with Crippen molar-refractivity contribution in [3.63, 3.8) is 0 Å². The van der Waals surface area contributed by atoms with Gasteiger partial charge in [0, 0.05) is 36.8 Å². The van der Waals surface area contributed by atoms with Crippen LogP contribution in [-0.4, -0.2) is 37.0 Å². The number of fused-ring (bicyclic) bond motifs is 1. The van der Waals surface area contributed by atoms with E-state index in [0.29, 0.717) is 23.6 Å². The number of piperidine rings is 1. The summed E-state index contributed by atoms with van der Waals surface area (Å²) >= 11 is 0. The van der Waals surface area contributed by atoms with E-state index in [1.165, 1.54) is 12.1 Å². The van der Waals surface area contributed by atoms with Gasteiger partial charge in [-0.2, -0.15) is 0 Å². The number of phenols is 1. The van der Waals surface area contributed by atoms with Gasteiger partial charge in [-0.3, -0.25) is 4.79 Å². The monoisotopic (exact) mass is 425 g/mol. The molecule has 31 heavy (non-hydrogen) atoms. The van der Waals surface area contributed by atoms with Crippen LogP contribution in [0, 0.1) is 12.8 Å². The maximum absolute atomic E-state index is 12.6. The first-order valence-corrected chi connectivity index (χ1v) is 10.4. The lowest BCUT2D eigenvalue weighted by Gasteiger charge is -2.32. The largest absolute Gasteiger partial charge is 0.507 e. The highest BCUT2D eigenvalue weighted by Gasteiger charge is 2.32. The van der Waals surface area contributed by atoms with E-state index in [9.17, 15) is 15.0 Å². The van der Waals surface area contributed by atoms with Crippen molar-refractivity contribution in [2.45, 2.75) is 25.9 Å². The summed E-state index contributed by atoms with van der Waals surface area (Å²) in [5.41, 5.74) is 1.69. The van der Waals surface area contributed by atoms with Crippen LogP contribution in [-0.2, 0) is 6.61 Å². The van der Waals surface area contributed by atoms with Crippen LogP contribution in [0.15, 0.2) is 45.6 Å². The van der Waals surface area contributed by atoms with Crippen molar-refractivity contribution in [1.29, 1.82) is 0 Å². The summed E-state index contributed by atoms with van der Waals surface area (Å²) < 4.78 is 17.3. The number of hydrogen-bond donors (Lipinski definition) is 3. The van der Waals surface area contributed by atoms with Crippen molar-refractivity contribution in [3.8, 4) is 17.2 Å². The molecular formula is C24H27NO6. The average Bonchev–Trinajstić information content (AvgIpc) is 2.77. The molecule has 1 aliphatic rings. The first-order chi connectivity index (χ1) is 15.0. The van der Waals surface area contributed by atoms with Crippen molar-refractivity contribution in [2.75, 3.05) is 26.8 Å². The number of ether oxygens (including phenoxy) is 2. The predicted octanol–water partition coefficient (Wildman–Crippen LogP) is 3.08. The SMILES string of the molecule is COc1ccc(COc2cc(O)c3c(=O)cc(C)oc3c2C2CCNCC2CO)cc1. The highest BCUT2D eigenvalue weighted by Crippen LogP contribution is 2.43. The number of methoxy groups -OCH3 is 1. The van der Waals surface area contributed by atoms with E-state index >= 15 is 0 Å². The smallest absolute Gasteiger partial charge is 0.196 e. The molecule has 2 aromatic carbocycles. The second kappa shape index (κ2) is 8.99. The van der Waals surface area contributed by atoms with Crippen LogP contribution < -0.4 is 20.2 Å². The van der Waals surface area contributed by atoms with Crippen LogP contribution in [0.1, 0.15) is 29.2 Å².